The maximum atomic E-state index is 10.8. The number of benzene rings is 1. The van der Waals surface area contributed by atoms with E-state index in [9.17, 15) is 9.90 Å². The van der Waals surface area contributed by atoms with Gasteiger partial charge in [-0.05, 0) is 30.7 Å². The molecule has 0 saturated heterocycles. The minimum absolute atomic E-state index is 0.162. The Bertz CT molecular complexity index is 526. The second-order valence-corrected chi connectivity index (χ2v) is 3.33. The second-order valence-electron chi connectivity index (χ2n) is 3.33. The van der Waals surface area contributed by atoms with Crippen LogP contribution in [0, 0.1) is 6.92 Å². The zero-order chi connectivity index (χ0) is 10.8. The highest BCUT2D eigenvalue weighted by molar-refractivity contribution is 5.66. The van der Waals surface area contributed by atoms with Crippen LogP contribution in [0.1, 0.15) is 5.56 Å². The van der Waals surface area contributed by atoms with Gasteiger partial charge in [-0.15, -0.1) is 0 Å². The fourth-order valence-corrected chi connectivity index (χ4v) is 1.35. The van der Waals surface area contributed by atoms with Crippen LogP contribution in [-0.4, -0.2) is 15.3 Å². The monoisotopic (exact) mass is 202 g/mol. The summed E-state index contributed by atoms with van der Waals surface area (Å²) in [6.07, 6.45) is 0. The van der Waals surface area contributed by atoms with E-state index in [1.807, 2.05) is 13.0 Å². The number of aromatic hydroxyl groups is 1. The topological polar surface area (TPSA) is 66.0 Å². The van der Waals surface area contributed by atoms with E-state index in [4.69, 9.17) is 0 Å². The van der Waals surface area contributed by atoms with Crippen molar-refractivity contribution in [1.29, 1.82) is 0 Å². The van der Waals surface area contributed by atoms with Gasteiger partial charge in [0.05, 0.1) is 5.69 Å². The Morgan fingerprint density at radius 3 is 2.67 bits per heavy atom. The molecule has 4 nitrogen and oxygen atoms in total. The molecule has 1 aromatic carbocycles. The van der Waals surface area contributed by atoms with Crippen molar-refractivity contribution in [2.75, 3.05) is 0 Å². The lowest BCUT2D eigenvalue weighted by molar-refractivity contribution is 0.476. The molecule has 15 heavy (non-hydrogen) atoms. The summed E-state index contributed by atoms with van der Waals surface area (Å²) in [4.78, 5) is 10.8. The van der Waals surface area contributed by atoms with E-state index in [-0.39, 0.29) is 11.3 Å². The lowest BCUT2D eigenvalue weighted by Gasteiger charge is -2.03. The maximum Gasteiger partial charge on any atom is 0.264 e. The number of nitrogens with zero attached hydrogens (tertiary/aromatic N) is 1. The molecule has 4 heteroatoms. The van der Waals surface area contributed by atoms with E-state index in [1.54, 1.807) is 18.2 Å². The predicted molar refractivity (Wildman–Crippen MR) is 56.7 cm³/mol. The van der Waals surface area contributed by atoms with Crippen LogP contribution in [-0.2, 0) is 0 Å². The summed E-state index contributed by atoms with van der Waals surface area (Å²) in [6.45, 7) is 1.89. The van der Waals surface area contributed by atoms with E-state index in [2.05, 4.69) is 10.2 Å². The van der Waals surface area contributed by atoms with Gasteiger partial charge in [0.15, 0.2) is 0 Å². The minimum Gasteiger partial charge on any atom is -0.507 e. The number of aryl methyl sites for hydroxylation is 1. The van der Waals surface area contributed by atoms with Crippen molar-refractivity contribution >= 4 is 0 Å². The fraction of sp³-hybridized carbons (Fsp3) is 0.0909. The average molecular weight is 202 g/mol. The van der Waals surface area contributed by atoms with Crippen molar-refractivity contribution < 1.29 is 5.11 Å². The largest absolute Gasteiger partial charge is 0.507 e. The smallest absolute Gasteiger partial charge is 0.264 e. The highest BCUT2D eigenvalue weighted by Gasteiger charge is 2.05. The van der Waals surface area contributed by atoms with Crippen molar-refractivity contribution in [3.8, 4) is 17.0 Å². The molecule has 76 valence electrons. The Kier molecular flexibility index (Phi) is 2.25. The van der Waals surface area contributed by atoms with Gasteiger partial charge in [-0.3, -0.25) is 4.79 Å². The van der Waals surface area contributed by atoms with Gasteiger partial charge in [0.2, 0.25) is 0 Å². The van der Waals surface area contributed by atoms with Crippen molar-refractivity contribution in [2.24, 2.45) is 0 Å². The molecule has 2 rings (SSSR count). The Hall–Kier alpha value is -2.10. The maximum absolute atomic E-state index is 10.8. The van der Waals surface area contributed by atoms with E-state index in [0.29, 0.717) is 11.3 Å². The van der Waals surface area contributed by atoms with Crippen LogP contribution >= 0.6 is 0 Å². The van der Waals surface area contributed by atoms with Crippen LogP contribution in [0.5, 0.6) is 5.75 Å². The first kappa shape index (κ1) is 9.45. The molecule has 0 aliphatic heterocycles. The molecular weight excluding hydrogens is 192 g/mol. The molecule has 0 bridgehead atoms. The number of hydrogen-bond acceptors (Lipinski definition) is 3. The molecule has 0 aliphatic carbocycles. The summed E-state index contributed by atoms with van der Waals surface area (Å²) in [5.41, 5.74) is 1.87. The molecule has 0 radical (unpaired) electrons. The Labute approximate surface area is 86.2 Å². The summed E-state index contributed by atoms with van der Waals surface area (Å²) < 4.78 is 0. The molecule has 0 unspecified atom stereocenters. The van der Waals surface area contributed by atoms with Gasteiger partial charge in [-0.1, -0.05) is 6.07 Å². The van der Waals surface area contributed by atoms with Gasteiger partial charge in [-0.25, -0.2) is 5.10 Å². The molecule has 2 aromatic rings. The van der Waals surface area contributed by atoms with Crippen molar-refractivity contribution in [3.63, 3.8) is 0 Å². The third-order valence-electron chi connectivity index (χ3n) is 2.11. The van der Waals surface area contributed by atoms with Crippen molar-refractivity contribution in [1.82, 2.24) is 10.2 Å². The highest BCUT2D eigenvalue weighted by atomic mass is 16.3. The molecule has 0 atom stereocenters. The number of aromatic amines is 1. The van der Waals surface area contributed by atoms with Gasteiger partial charge in [-0.2, -0.15) is 5.10 Å². The van der Waals surface area contributed by atoms with E-state index >= 15 is 0 Å². The van der Waals surface area contributed by atoms with E-state index < -0.39 is 0 Å². The molecule has 1 aromatic heterocycles. The van der Waals surface area contributed by atoms with E-state index in [1.165, 1.54) is 6.07 Å². The number of hydrogen-bond donors (Lipinski definition) is 2. The minimum atomic E-state index is -0.259. The summed E-state index contributed by atoms with van der Waals surface area (Å²) in [7, 11) is 0. The van der Waals surface area contributed by atoms with Gasteiger partial charge in [0.25, 0.3) is 5.56 Å². The normalized spacial score (nSPS) is 10.2. The first-order chi connectivity index (χ1) is 7.16. The zero-order valence-corrected chi connectivity index (χ0v) is 8.19. The molecular formula is C11H10N2O2. The highest BCUT2D eigenvalue weighted by Crippen LogP contribution is 2.27. The molecule has 0 aliphatic rings. The van der Waals surface area contributed by atoms with Crippen molar-refractivity contribution in [3.05, 3.63) is 46.2 Å². The first-order valence-electron chi connectivity index (χ1n) is 4.52. The van der Waals surface area contributed by atoms with Gasteiger partial charge >= 0.3 is 0 Å². The predicted octanol–water partition coefficient (Wildman–Crippen LogP) is 1.45. The Balaban J connectivity index is 2.54. The third kappa shape index (κ3) is 1.88. The average Bonchev–Trinajstić information content (AvgIpc) is 2.20. The van der Waals surface area contributed by atoms with Crippen LogP contribution in [0.3, 0.4) is 0 Å². The lowest BCUT2D eigenvalue weighted by Crippen LogP contribution is -2.05. The SMILES string of the molecule is Cc1ccc(-c2ccc(=O)[nH]n2)c(O)c1. The van der Waals surface area contributed by atoms with Crippen LogP contribution < -0.4 is 5.56 Å². The summed E-state index contributed by atoms with van der Waals surface area (Å²) in [5, 5.41) is 15.8. The molecule has 1 heterocycles. The Morgan fingerprint density at radius 1 is 1.27 bits per heavy atom. The van der Waals surface area contributed by atoms with Crippen molar-refractivity contribution in [2.45, 2.75) is 6.92 Å². The third-order valence-corrected chi connectivity index (χ3v) is 2.11. The lowest BCUT2D eigenvalue weighted by atomic mass is 10.1. The number of aromatic nitrogens is 2. The van der Waals surface area contributed by atoms with Crippen LogP contribution in [0.25, 0.3) is 11.3 Å². The molecule has 2 N–H and O–H groups in total. The van der Waals surface area contributed by atoms with Crippen LogP contribution in [0.15, 0.2) is 35.1 Å². The summed E-state index contributed by atoms with van der Waals surface area (Å²) in [6, 6.07) is 8.25. The molecule has 0 saturated carbocycles. The van der Waals surface area contributed by atoms with Gasteiger partial charge < -0.3 is 5.11 Å². The number of rotatable bonds is 1. The van der Waals surface area contributed by atoms with E-state index in [0.717, 1.165) is 5.56 Å². The quantitative estimate of drug-likeness (QED) is 0.735. The molecule has 0 spiro atoms. The number of H-pyrrole nitrogens is 1. The standard InChI is InChI=1S/C11H10N2O2/c1-7-2-3-8(10(14)6-7)9-4-5-11(15)13-12-9/h2-6,14H,1H3,(H,13,15). The summed E-state index contributed by atoms with van der Waals surface area (Å²) >= 11 is 0. The fourth-order valence-electron chi connectivity index (χ4n) is 1.35. The first-order valence-corrected chi connectivity index (χ1v) is 4.52. The number of phenolic OH excluding ortho intramolecular Hbond substituents is 1. The molecule has 0 fully saturated rings. The number of phenols is 1. The zero-order valence-electron chi connectivity index (χ0n) is 8.19. The van der Waals surface area contributed by atoms with Gasteiger partial charge in [0.1, 0.15) is 5.75 Å². The summed E-state index contributed by atoms with van der Waals surface area (Å²) in [5.74, 6) is 0.162. The van der Waals surface area contributed by atoms with Crippen LogP contribution in [0.4, 0.5) is 0 Å². The molecule has 0 amide bonds. The van der Waals surface area contributed by atoms with Gasteiger partial charge in [0, 0.05) is 11.6 Å². The Morgan fingerprint density at radius 2 is 2.07 bits per heavy atom. The second kappa shape index (κ2) is 3.57. The van der Waals surface area contributed by atoms with Crippen LogP contribution in [0.2, 0.25) is 0 Å². The number of nitrogens with one attached hydrogen (secondary N) is 1.